The quantitative estimate of drug-likeness (QED) is 0.813. The van der Waals surface area contributed by atoms with Gasteiger partial charge in [0, 0.05) is 19.5 Å². The van der Waals surface area contributed by atoms with Crippen LogP contribution < -0.4 is 5.73 Å². The summed E-state index contributed by atoms with van der Waals surface area (Å²) < 4.78 is 0. The van der Waals surface area contributed by atoms with E-state index in [-0.39, 0.29) is 5.91 Å². The summed E-state index contributed by atoms with van der Waals surface area (Å²) in [5.41, 5.74) is 8.92. The number of thiocarbonyl (C=S) groups is 1. The van der Waals surface area contributed by atoms with Crippen LogP contribution in [-0.2, 0) is 11.2 Å². The van der Waals surface area contributed by atoms with Crippen LogP contribution in [0.1, 0.15) is 30.0 Å². The first kappa shape index (κ1) is 15.6. The molecule has 1 aromatic carbocycles. The smallest absolute Gasteiger partial charge is 0.227 e. The van der Waals surface area contributed by atoms with Crippen molar-refractivity contribution in [1.82, 2.24) is 4.90 Å². The number of benzene rings is 1. The molecule has 0 spiro atoms. The number of hydrogen-bond acceptors (Lipinski definition) is 2. The Hall–Kier alpha value is -1.42. The summed E-state index contributed by atoms with van der Waals surface area (Å²) in [5, 5.41) is 0. The van der Waals surface area contributed by atoms with Gasteiger partial charge in [-0.05, 0) is 31.9 Å². The molecule has 0 fully saturated rings. The molecule has 0 heterocycles. The molecule has 0 aromatic heterocycles. The summed E-state index contributed by atoms with van der Waals surface area (Å²) in [7, 11) is 0. The second-order valence-electron chi connectivity index (χ2n) is 4.80. The Morgan fingerprint density at radius 3 is 2.63 bits per heavy atom. The monoisotopic (exact) mass is 278 g/mol. The van der Waals surface area contributed by atoms with Crippen molar-refractivity contribution in [2.75, 3.05) is 13.1 Å². The van der Waals surface area contributed by atoms with Crippen molar-refractivity contribution < 1.29 is 4.79 Å². The molecule has 1 rings (SSSR count). The number of rotatable bonds is 6. The van der Waals surface area contributed by atoms with Crippen LogP contribution in [0.4, 0.5) is 0 Å². The normalized spacial score (nSPS) is 10.3. The highest BCUT2D eigenvalue weighted by Gasteiger charge is 2.13. The average molecular weight is 278 g/mol. The Morgan fingerprint density at radius 2 is 2.05 bits per heavy atom. The van der Waals surface area contributed by atoms with E-state index in [1.54, 1.807) is 4.90 Å². The lowest BCUT2D eigenvalue weighted by Crippen LogP contribution is -2.34. The van der Waals surface area contributed by atoms with Gasteiger partial charge in [0.05, 0.1) is 11.4 Å². The molecule has 2 N–H and O–H groups in total. The Bertz CT molecular complexity index is 471. The molecule has 3 nitrogen and oxygen atoms in total. The molecule has 0 bridgehead atoms. The van der Waals surface area contributed by atoms with Gasteiger partial charge in [0.1, 0.15) is 0 Å². The van der Waals surface area contributed by atoms with E-state index in [1.165, 1.54) is 5.56 Å². The van der Waals surface area contributed by atoms with Gasteiger partial charge in [-0.1, -0.05) is 36.0 Å². The largest absolute Gasteiger partial charge is 0.393 e. The van der Waals surface area contributed by atoms with E-state index >= 15 is 0 Å². The van der Waals surface area contributed by atoms with Gasteiger partial charge in [-0.15, -0.1) is 0 Å². The van der Waals surface area contributed by atoms with Crippen LogP contribution in [0, 0.1) is 13.8 Å². The lowest BCUT2D eigenvalue weighted by atomic mass is 10.0. The van der Waals surface area contributed by atoms with Gasteiger partial charge < -0.3 is 10.6 Å². The molecular weight excluding hydrogens is 256 g/mol. The SMILES string of the molecule is CCN(CCC(N)=S)C(=O)Cc1cc(C)ccc1C. The Kier molecular flexibility index (Phi) is 5.96. The van der Waals surface area contributed by atoms with Crippen LogP contribution in [0.15, 0.2) is 18.2 Å². The number of aryl methyl sites for hydroxylation is 2. The van der Waals surface area contributed by atoms with Crippen molar-refractivity contribution in [2.45, 2.75) is 33.6 Å². The maximum absolute atomic E-state index is 12.3. The van der Waals surface area contributed by atoms with E-state index in [1.807, 2.05) is 20.8 Å². The van der Waals surface area contributed by atoms with Gasteiger partial charge in [-0.2, -0.15) is 0 Å². The van der Waals surface area contributed by atoms with E-state index in [9.17, 15) is 4.79 Å². The molecular formula is C15H22N2OS. The standard InChI is InChI=1S/C15H22N2OS/c1-4-17(8-7-14(16)19)15(18)10-13-9-11(2)5-6-12(13)3/h5-6,9H,4,7-8,10H2,1-3H3,(H2,16,19). The van der Waals surface area contributed by atoms with Crippen LogP contribution >= 0.6 is 12.2 Å². The molecule has 0 radical (unpaired) electrons. The molecule has 0 unspecified atom stereocenters. The first-order valence-electron chi connectivity index (χ1n) is 6.56. The van der Waals surface area contributed by atoms with E-state index in [0.29, 0.717) is 30.9 Å². The van der Waals surface area contributed by atoms with Crippen molar-refractivity contribution in [2.24, 2.45) is 5.73 Å². The van der Waals surface area contributed by atoms with Crippen LogP contribution in [0.25, 0.3) is 0 Å². The molecule has 1 aromatic rings. The lowest BCUT2D eigenvalue weighted by molar-refractivity contribution is -0.130. The fourth-order valence-electron chi connectivity index (χ4n) is 1.97. The molecule has 0 aliphatic carbocycles. The predicted molar refractivity (Wildman–Crippen MR) is 83.3 cm³/mol. The minimum atomic E-state index is 0.132. The number of nitrogens with zero attached hydrogens (tertiary/aromatic N) is 1. The number of carbonyl (C=O) groups is 1. The Morgan fingerprint density at radius 1 is 1.37 bits per heavy atom. The van der Waals surface area contributed by atoms with Gasteiger partial charge in [-0.25, -0.2) is 0 Å². The van der Waals surface area contributed by atoms with Gasteiger partial charge in [0.2, 0.25) is 5.91 Å². The molecule has 0 aliphatic heterocycles. The summed E-state index contributed by atoms with van der Waals surface area (Å²) in [6, 6.07) is 6.20. The molecule has 104 valence electrons. The maximum atomic E-state index is 12.3. The fraction of sp³-hybridized carbons (Fsp3) is 0.467. The molecule has 0 saturated heterocycles. The second kappa shape index (κ2) is 7.24. The Labute approximate surface area is 120 Å². The minimum absolute atomic E-state index is 0.132. The topological polar surface area (TPSA) is 46.3 Å². The third-order valence-electron chi connectivity index (χ3n) is 3.21. The number of likely N-dealkylation sites (N-methyl/N-ethyl adjacent to an activating group) is 1. The van der Waals surface area contributed by atoms with Crippen molar-refractivity contribution in [1.29, 1.82) is 0 Å². The molecule has 19 heavy (non-hydrogen) atoms. The first-order valence-corrected chi connectivity index (χ1v) is 6.97. The number of amides is 1. The zero-order valence-electron chi connectivity index (χ0n) is 11.9. The summed E-state index contributed by atoms with van der Waals surface area (Å²) in [4.78, 5) is 14.5. The number of hydrogen-bond donors (Lipinski definition) is 1. The first-order chi connectivity index (χ1) is 8.93. The molecule has 1 amide bonds. The number of carbonyl (C=O) groups excluding carboxylic acids is 1. The van der Waals surface area contributed by atoms with Crippen LogP contribution in [0.3, 0.4) is 0 Å². The highest BCUT2D eigenvalue weighted by molar-refractivity contribution is 7.80. The minimum Gasteiger partial charge on any atom is -0.393 e. The van der Waals surface area contributed by atoms with E-state index in [2.05, 4.69) is 18.2 Å². The van der Waals surface area contributed by atoms with Crippen molar-refractivity contribution in [3.63, 3.8) is 0 Å². The van der Waals surface area contributed by atoms with Gasteiger partial charge in [0.25, 0.3) is 0 Å². The summed E-state index contributed by atoms with van der Waals surface area (Å²) >= 11 is 4.86. The van der Waals surface area contributed by atoms with E-state index < -0.39 is 0 Å². The molecule has 0 saturated carbocycles. The molecule has 4 heteroatoms. The molecule has 0 aliphatic rings. The Balaban J connectivity index is 2.71. The van der Waals surface area contributed by atoms with Crippen LogP contribution in [0.2, 0.25) is 0 Å². The van der Waals surface area contributed by atoms with Crippen molar-refractivity contribution >= 4 is 23.1 Å². The third-order valence-corrected chi connectivity index (χ3v) is 3.41. The second-order valence-corrected chi connectivity index (χ2v) is 5.32. The highest BCUT2D eigenvalue weighted by atomic mass is 32.1. The summed E-state index contributed by atoms with van der Waals surface area (Å²) in [6.45, 7) is 7.34. The van der Waals surface area contributed by atoms with E-state index in [0.717, 1.165) is 11.1 Å². The number of nitrogens with two attached hydrogens (primary N) is 1. The molecule has 0 atom stereocenters. The predicted octanol–water partition coefficient (Wildman–Crippen LogP) is 2.37. The van der Waals surface area contributed by atoms with Crippen molar-refractivity contribution in [3.05, 3.63) is 34.9 Å². The van der Waals surface area contributed by atoms with Gasteiger partial charge >= 0.3 is 0 Å². The maximum Gasteiger partial charge on any atom is 0.227 e. The van der Waals surface area contributed by atoms with Crippen molar-refractivity contribution in [3.8, 4) is 0 Å². The summed E-state index contributed by atoms with van der Waals surface area (Å²) in [6.07, 6.45) is 1.03. The zero-order valence-corrected chi connectivity index (χ0v) is 12.7. The van der Waals surface area contributed by atoms with Gasteiger partial charge in [-0.3, -0.25) is 4.79 Å². The highest BCUT2D eigenvalue weighted by Crippen LogP contribution is 2.12. The van der Waals surface area contributed by atoms with E-state index in [4.69, 9.17) is 18.0 Å². The summed E-state index contributed by atoms with van der Waals surface area (Å²) in [5.74, 6) is 0.132. The fourth-order valence-corrected chi connectivity index (χ4v) is 2.06. The lowest BCUT2D eigenvalue weighted by Gasteiger charge is -2.21. The van der Waals surface area contributed by atoms with Crippen LogP contribution in [-0.4, -0.2) is 28.9 Å². The van der Waals surface area contributed by atoms with Crippen LogP contribution in [0.5, 0.6) is 0 Å². The zero-order chi connectivity index (χ0) is 14.4. The average Bonchev–Trinajstić information content (AvgIpc) is 2.34. The van der Waals surface area contributed by atoms with Gasteiger partial charge in [0.15, 0.2) is 0 Å². The third kappa shape index (κ3) is 4.99.